The van der Waals surface area contributed by atoms with Crippen molar-refractivity contribution in [1.29, 1.82) is 0 Å². The number of carbonyl (C=O) groups is 1. The van der Waals surface area contributed by atoms with Crippen LogP contribution in [0.4, 0.5) is 16.2 Å². The second kappa shape index (κ2) is 10.4. The molecule has 4 rings (SSSR count). The Morgan fingerprint density at radius 3 is 2.74 bits per heavy atom. The van der Waals surface area contributed by atoms with Crippen LogP contribution in [-0.4, -0.2) is 50.2 Å². The molecular weight excluding hydrogens is 431 g/mol. The molecule has 0 aliphatic carbocycles. The fourth-order valence-electron chi connectivity index (χ4n) is 4.11. The van der Waals surface area contributed by atoms with Gasteiger partial charge in [0, 0.05) is 38.4 Å². The number of hydrogen-bond donors (Lipinski definition) is 2. The van der Waals surface area contributed by atoms with E-state index in [0.29, 0.717) is 16.6 Å². The monoisotopic (exact) mass is 458 g/mol. The van der Waals surface area contributed by atoms with E-state index in [1.807, 2.05) is 18.2 Å². The largest absolute Gasteiger partial charge is 0.368 e. The first kappa shape index (κ1) is 22.0. The molecule has 2 aromatic rings. The molecule has 2 aromatic carbocycles. The number of nitrogens with one attached hydrogen (secondary N) is 2. The van der Waals surface area contributed by atoms with Crippen LogP contribution in [0.15, 0.2) is 42.5 Å². The number of carbonyl (C=O) groups excluding carboxylic acids is 1. The predicted molar refractivity (Wildman–Crippen MR) is 131 cm³/mol. The van der Waals surface area contributed by atoms with Gasteiger partial charge in [-0.3, -0.25) is 4.90 Å². The van der Waals surface area contributed by atoms with Gasteiger partial charge in [-0.15, -0.1) is 0 Å². The summed E-state index contributed by atoms with van der Waals surface area (Å²) in [6.07, 6.45) is 7.38. The molecule has 2 amide bonds. The van der Waals surface area contributed by atoms with Gasteiger partial charge in [-0.2, -0.15) is 0 Å². The van der Waals surface area contributed by atoms with E-state index in [4.69, 9.17) is 23.2 Å². The van der Waals surface area contributed by atoms with Crippen molar-refractivity contribution in [2.45, 2.75) is 19.3 Å². The van der Waals surface area contributed by atoms with Gasteiger partial charge < -0.3 is 15.5 Å². The molecule has 0 unspecified atom stereocenters. The molecule has 7 heteroatoms. The van der Waals surface area contributed by atoms with Crippen molar-refractivity contribution in [2.24, 2.45) is 0 Å². The number of benzene rings is 2. The SMILES string of the molecule is O=C1NCCc2ccc(C=CCCCN3CCN(c4cccc(Cl)c4Cl)CC3)cc2N1. The van der Waals surface area contributed by atoms with Crippen molar-refractivity contribution in [3.05, 3.63) is 63.6 Å². The van der Waals surface area contributed by atoms with Crippen LogP contribution in [0.3, 0.4) is 0 Å². The smallest absolute Gasteiger partial charge is 0.319 e. The van der Waals surface area contributed by atoms with Crippen LogP contribution in [0.5, 0.6) is 0 Å². The van der Waals surface area contributed by atoms with E-state index in [0.717, 1.165) is 68.9 Å². The van der Waals surface area contributed by atoms with Crippen molar-refractivity contribution in [3.8, 4) is 0 Å². The zero-order chi connectivity index (χ0) is 21.6. The molecule has 5 nitrogen and oxygen atoms in total. The van der Waals surface area contributed by atoms with Gasteiger partial charge in [0.25, 0.3) is 0 Å². The topological polar surface area (TPSA) is 47.6 Å². The predicted octanol–water partition coefficient (Wildman–Crippen LogP) is 5.29. The molecule has 0 spiro atoms. The Morgan fingerprint density at radius 2 is 1.90 bits per heavy atom. The highest BCUT2D eigenvalue weighted by Crippen LogP contribution is 2.32. The van der Waals surface area contributed by atoms with Crippen LogP contribution in [0, 0.1) is 0 Å². The fourth-order valence-corrected chi connectivity index (χ4v) is 4.53. The first-order chi connectivity index (χ1) is 15.1. The Morgan fingerprint density at radius 1 is 1.06 bits per heavy atom. The second-order valence-corrected chi connectivity index (χ2v) is 8.78. The van der Waals surface area contributed by atoms with Crippen molar-refractivity contribution in [2.75, 3.05) is 49.5 Å². The molecule has 1 saturated heterocycles. The van der Waals surface area contributed by atoms with Crippen LogP contribution in [0.1, 0.15) is 24.0 Å². The molecule has 0 bridgehead atoms. The lowest BCUT2D eigenvalue weighted by molar-refractivity contribution is 0.252. The minimum absolute atomic E-state index is 0.127. The number of urea groups is 1. The van der Waals surface area contributed by atoms with Gasteiger partial charge in [0.05, 0.1) is 15.7 Å². The molecule has 2 aliphatic heterocycles. The first-order valence-corrected chi connectivity index (χ1v) is 11.6. The molecule has 2 heterocycles. The van der Waals surface area contributed by atoms with Crippen molar-refractivity contribution < 1.29 is 4.79 Å². The molecule has 164 valence electrons. The van der Waals surface area contributed by atoms with Crippen LogP contribution in [0.25, 0.3) is 6.08 Å². The quantitative estimate of drug-likeness (QED) is 0.578. The summed E-state index contributed by atoms with van der Waals surface area (Å²) in [5, 5.41) is 7.01. The number of piperazine rings is 1. The summed E-state index contributed by atoms with van der Waals surface area (Å²) in [7, 11) is 0. The zero-order valence-corrected chi connectivity index (χ0v) is 19.1. The highest BCUT2D eigenvalue weighted by molar-refractivity contribution is 6.43. The normalized spacial score (nSPS) is 17.2. The Kier molecular flexibility index (Phi) is 7.38. The first-order valence-electron chi connectivity index (χ1n) is 10.9. The molecule has 31 heavy (non-hydrogen) atoms. The minimum atomic E-state index is -0.127. The maximum absolute atomic E-state index is 11.7. The molecule has 0 atom stereocenters. The molecule has 0 radical (unpaired) electrons. The summed E-state index contributed by atoms with van der Waals surface area (Å²) < 4.78 is 0. The average Bonchev–Trinajstić information content (AvgIpc) is 2.96. The summed E-state index contributed by atoms with van der Waals surface area (Å²) in [6, 6.07) is 12.0. The lowest BCUT2D eigenvalue weighted by Crippen LogP contribution is -2.46. The lowest BCUT2D eigenvalue weighted by atomic mass is 10.1. The third-order valence-corrected chi connectivity index (χ3v) is 6.67. The number of halogens is 2. The molecule has 2 aliphatic rings. The van der Waals surface area contributed by atoms with Crippen LogP contribution in [-0.2, 0) is 6.42 Å². The van der Waals surface area contributed by atoms with Gasteiger partial charge in [0.2, 0.25) is 0 Å². The second-order valence-electron chi connectivity index (χ2n) is 7.99. The molecule has 1 fully saturated rings. The maximum Gasteiger partial charge on any atom is 0.319 e. The summed E-state index contributed by atoms with van der Waals surface area (Å²) in [5.74, 6) is 0. The van der Waals surface area contributed by atoms with E-state index in [2.05, 4.69) is 50.8 Å². The fraction of sp³-hybridized carbons (Fsp3) is 0.375. The Hall–Kier alpha value is -2.21. The van der Waals surface area contributed by atoms with Gasteiger partial charge >= 0.3 is 6.03 Å². The molecule has 0 saturated carbocycles. The summed E-state index contributed by atoms with van der Waals surface area (Å²) in [5.41, 5.74) is 4.24. The van der Waals surface area contributed by atoms with Crippen LogP contribution < -0.4 is 15.5 Å². The van der Waals surface area contributed by atoms with Crippen molar-refractivity contribution >= 4 is 46.7 Å². The number of hydrogen-bond acceptors (Lipinski definition) is 3. The number of nitrogens with zero attached hydrogens (tertiary/aromatic N) is 2. The van der Waals surface area contributed by atoms with E-state index in [1.165, 1.54) is 5.56 Å². The number of rotatable bonds is 6. The minimum Gasteiger partial charge on any atom is -0.368 e. The molecular formula is C24H28Cl2N4O. The van der Waals surface area contributed by atoms with Gasteiger partial charge in [-0.05, 0) is 55.1 Å². The van der Waals surface area contributed by atoms with Gasteiger partial charge in [-0.1, -0.05) is 53.6 Å². The third kappa shape index (κ3) is 5.73. The Bertz CT molecular complexity index is 955. The Labute approximate surface area is 194 Å². The molecule has 2 N–H and O–H groups in total. The van der Waals surface area contributed by atoms with Crippen LogP contribution >= 0.6 is 23.2 Å². The van der Waals surface area contributed by atoms with Crippen LogP contribution in [0.2, 0.25) is 10.0 Å². The third-order valence-electron chi connectivity index (χ3n) is 5.86. The van der Waals surface area contributed by atoms with E-state index < -0.39 is 0 Å². The van der Waals surface area contributed by atoms with E-state index >= 15 is 0 Å². The van der Waals surface area contributed by atoms with Crippen molar-refractivity contribution in [1.82, 2.24) is 10.2 Å². The number of amides is 2. The number of fused-ring (bicyclic) bond motifs is 1. The van der Waals surface area contributed by atoms with Gasteiger partial charge in [-0.25, -0.2) is 4.79 Å². The summed E-state index contributed by atoms with van der Waals surface area (Å²) >= 11 is 12.5. The highest BCUT2D eigenvalue weighted by Gasteiger charge is 2.19. The number of anilines is 2. The molecule has 0 aromatic heterocycles. The number of unbranched alkanes of at least 4 members (excludes halogenated alkanes) is 1. The number of allylic oxidation sites excluding steroid dienone is 1. The Balaban J connectivity index is 1.21. The lowest BCUT2D eigenvalue weighted by Gasteiger charge is -2.36. The van der Waals surface area contributed by atoms with E-state index in [9.17, 15) is 4.79 Å². The van der Waals surface area contributed by atoms with E-state index in [1.54, 1.807) is 0 Å². The van der Waals surface area contributed by atoms with E-state index in [-0.39, 0.29) is 6.03 Å². The maximum atomic E-state index is 11.7. The summed E-state index contributed by atoms with van der Waals surface area (Å²) in [4.78, 5) is 16.5. The summed E-state index contributed by atoms with van der Waals surface area (Å²) in [6.45, 7) is 5.76. The average molecular weight is 459 g/mol. The highest BCUT2D eigenvalue weighted by atomic mass is 35.5. The standard InChI is InChI=1S/C24H28Cl2N4O/c25-20-6-4-7-22(23(20)26)30-15-13-29(14-16-30)12-3-1-2-5-18-8-9-19-10-11-27-24(31)28-21(19)17-18/h2,4-9,17H,1,3,10-16H2,(H2,27,28,31). The zero-order valence-electron chi connectivity index (χ0n) is 17.5. The van der Waals surface area contributed by atoms with Gasteiger partial charge in [0.15, 0.2) is 0 Å². The van der Waals surface area contributed by atoms with Crippen molar-refractivity contribution in [3.63, 3.8) is 0 Å². The van der Waals surface area contributed by atoms with Gasteiger partial charge in [0.1, 0.15) is 0 Å².